The highest BCUT2D eigenvalue weighted by atomic mass is 35.5. The molecule has 30 heavy (non-hydrogen) atoms. The fourth-order valence-electron chi connectivity index (χ4n) is 2.94. The number of furan rings is 1. The maximum absolute atomic E-state index is 12.6. The first-order chi connectivity index (χ1) is 14.0. The van der Waals surface area contributed by atoms with Gasteiger partial charge in [0.2, 0.25) is 0 Å². The number of amides is 2. The molecular weight excluding hydrogens is 410 g/mol. The molecule has 0 spiro atoms. The van der Waals surface area contributed by atoms with Crippen LogP contribution in [0.3, 0.4) is 0 Å². The predicted octanol–water partition coefficient (Wildman–Crippen LogP) is 2.84. The Balaban J connectivity index is 0.00000320. The minimum Gasteiger partial charge on any atom is -0.492 e. The van der Waals surface area contributed by atoms with E-state index in [0.717, 1.165) is 10.9 Å². The van der Waals surface area contributed by atoms with Crippen LogP contribution in [0.25, 0.3) is 11.0 Å². The van der Waals surface area contributed by atoms with Crippen LogP contribution in [-0.4, -0.2) is 49.2 Å². The van der Waals surface area contributed by atoms with Gasteiger partial charge in [-0.3, -0.25) is 14.8 Å². The van der Waals surface area contributed by atoms with Gasteiger partial charge in [0.05, 0.1) is 6.54 Å². The molecule has 1 heterocycles. The van der Waals surface area contributed by atoms with Gasteiger partial charge in [-0.15, -0.1) is 12.4 Å². The van der Waals surface area contributed by atoms with E-state index in [4.69, 9.17) is 14.4 Å². The number of rotatable bonds is 8. The van der Waals surface area contributed by atoms with Gasteiger partial charge in [-0.25, -0.2) is 5.48 Å². The zero-order valence-corrected chi connectivity index (χ0v) is 17.5. The van der Waals surface area contributed by atoms with Gasteiger partial charge in [0.1, 0.15) is 17.9 Å². The van der Waals surface area contributed by atoms with Gasteiger partial charge in [-0.2, -0.15) is 0 Å². The standard InChI is InChI=1S/C21H23N3O5.ClH/c1-24(2)13-17-16-5-3-4-6-18(16)29-19(17)21(26)22-11-12-28-15-9-7-14(8-10-15)20(25)23-27;/h3-10,27H,11-13H2,1-2H3,(H,22,26)(H,23,25);1H. The van der Waals surface area contributed by atoms with Crippen LogP contribution >= 0.6 is 12.4 Å². The smallest absolute Gasteiger partial charge is 0.287 e. The summed E-state index contributed by atoms with van der Waals surface area (Å²) >= 11 is 0. The Bertz CT molecular complexity index is 1000. The monoisotopic (exact) mass is 433 g/mol. The number of ether oxygens (including phenoxy) is 1. The maximum Gasteiger partial charge on any atom is 0.287 e. The Labute approximate surface area is 180 Å². The molecule has 9 heteroatoms. The largest absolute Gasteiger partial charge is 0.492 e. The van der Waals surface area contributed by atoms with Crippen LogP contribution in [0.2, 0.25) is 0 Å². The fraction of sp³-hybridized carbons (Fsp3) is 0.238. The number of hydrogen-bond donors (Lipinski definition) is 3. The molecule has 3 rings (SSSR count). The van der Waals surface area contributed by atoms with E-state index in [1.807, 2.05) is 43.3 Å². The molecule has 0 atom stereocenters. The number of nitrogens with one attached hydrogen (secondary N) is 2. The second-order valence-corrected chi connectivity index (χ2v) is 6.71. The third-order valence-corrected chi connectivity index (χ3v) is 4.25. The van der Waals surface area contributed by atoms with Gasteiger partial charge < -0.3 is 19.4 Å². The van der Waals surface area contributed by atoms with Gasteiger partial charge in [0, 0.05) is 23.1 Å². The third kappa shape index (κ3) is 5.50. The first-order valence-electron chi connectivity index (χ1n) is 9.10. The summed E-state index contributed by atoms with van der Waals surface area (Å²) in [6.45, 7) is 1.13. The molecule has 0 saturated carbocycles. The van der Waals surface area contributed by atoms with Gasteiger partial charge in [0.15, 0.2) is 5.76 Å². The molecular formula is C21H24ClN3O5. The molecule has 2 amide bonds. The average molecular weight is 434 g/mol. The molecule has 0 aliphatic carbocycles. The van der Waals surface area contributed by atoms with Crippen LogP contribution in [0.1, 0.15) is 26.5 Å². The maximum atomic E-state index is 12.6. The van der Waals surface area contributed by atoms with Crippen LogP contribution in [0.15, 0.2) is 52.9 Å². The van der Waals surface area contributed by atoms with Crippen molar-refractivity contribution >= 4 is 35.2 Å². The third-order valence-electron chi connectivity index (χ3n) is 4.25. The van der Waals surface area contributed by atoms with E-state index >= 15 is 0 Å². The zero-order chi connectivity index (χ0) is 20.8. The highest BCUT2D eigenvalue weighted by Crippen LogP contribution is 2.26. The lowest BCUT2D eigenvalue weighted by atomic mass is 10.1. The summed E-state index contributed by atoms with van der Waals surface area (Å²) in [5, 5.41) is 12.3. The summed E-state index contributed by atoms with van der Waals surface area (Å²) in [6.07, 6.45) is 0. The summed E-state index contributed by atoms with van der Waals surface area (Å²) in [6, 6.07) is 13.9. The van der Waals surface area contributed by atoms with Gasteiger partial charge in [-0.05, 0) is 44.4 Å². The molecule has 3 aromatic rings. The topological polar surface area (TPSA) is 104 Å². The number of hydroxylamine groups is 1. The quantitative estimate of drug-likeness (QED) is 0.287. The number of halogens is 1. The average Bonchev–Trinajstić information content (AvgIpc) is 3.09. The lowest BCUT2D eigenvalue weighted by molar-refractivity contribution is 0.0706. The Morgan fingerprint density at radius 1 is 1.07 bits per heavy atom. The lowest BCUT2D eigenvalue weighted by Crippen LogP contribution is -2.29. The molecule has 0 unspecified atom stereocenters. The fourth-order valence-corrected chi connectivity index (χ4v) is 2.94. The highest BCUT2D eigenvalue weighted by molar-refractivity contribution is 5.99. The van der Waals surface area contributed by atoms with Crippen molar-refractivity contribution in [1.82, 2.24) is 15.7 Å². The molecule has 3 N–H and O–H groups in total. The van der Waals surface area contributed by atoms with E-state index in [9.17, 15) is 9.59 Å². The second-order valence-electron chi connectivity index (χ2n) is 6.71. The number of fused-ring (bicyclic) bond motifs is 1. The van der Waals surface area contributed by atoms with E-state index < -0.39 is 5.91 Å². The molecule has 0 fully saturated rings. The molecule has 2 aromatic carbocycles. The van der Waals surface area contributed by atoms with Crippen molar-refractivity contribution < 1.29 is 24.0 Å². The first kappa shape index (κ1) is 23.2. The molecule has 8 nitrogen and oxygen atoms in total. The second kappa shape index (κ2) is 10.6. The summed E-state index contributed by atoms with van der Waals surface area (Å²) in [7, 11) is 3.87. The molecule has 0 aliphatic heterocycles. The highest BCUT2D eigenvalue weighted by Gasteiger charge is 2.20. The van der Waals surface area contributed by atoms with E-state index in [0.29, 0.717) is 29.2 Å². The number of carbonyl (C=O) groups excluding carboxylic acids is 2. The number of hydrogen-bond acceptors (Lipinski definition) is 6. The minimum atomic E-state index is -0.594. The van der Waals surface area contributed by atoms with Crippen LogP contribution in [0, 0.1) is 0 Å². The van der Waals surface area contributed by atoms with Gasteiger partial charge in [0.25, 0.3) is 11.8 Å². The predicted molar refractivity (Wildman–Crippen MR) is 114 cm³/mol. The Kier molecular flexibility index (Phi) is 8.23. The summed E-state index contributed by atoms with van der Waals surface area (Å²) in [5.74, 6) is -0.0372. The molecule has 0 aliphatic rings. The van der Waals surface area contributed by atoms with E-state index in [1.165, 1.54) is 12.1 Å². The molecule has 1 aromatic heterocycles. The van der Waals surface area contributed by atoms with Gasteiger partial charge in [-0.1, -0.05) is 18.2 Å². The first-order valence-corrected chi connectivity index (χ1v) is 9.10. The zero-order valence-electron chi connectivity index (χ0n) is 16.7. The summed E-state index contributed by atoms with van der Waals surface area (Å²) in [5.41, 5.74) is 3.41. The Morgan fingerprint density at radius 2 is 1.77 bits per heavy atom. The lowest BCUT2D eigenvalue weighted by Gasteiger charge is -2.11. The molecule has 160 valence electrons. The number of benzene rings is 2. The Morgan fingerprint density at radius 3 is 2.43 bits per heavy atom. The van der Waals surface area contributed by atoms with Crippen molar-refractivity contribution in [1.29, 1.82) is 0 Å². The van der Waals surface area contributed by atoms with E-state index in [2.05, 4.69) is 5.32 Å². The number of carbonyl (C=O) groups is 2. The SMILES string of the molecule is CN(C)Cc1c(C(=O)NCCOc2ccc(C(=O)NO)cc2)oc2ccccc12.Cl. The van der Waals surface area contributed by atoms with Crippen molar-refractivity contribution in [3.8, 4) is 5.75 Å². The molecule has 0 saturated heterocycles. The normalized spacial score (nSPS) is 10.5. The minimum absolute atomic E-state index is 0. The number of nitrogens with zero attached hydrogens (tertiary/aromatic N) is 1. The number of para-hydroxylation sites is 1. The van der Waals surface area contributed by atoms with E-state index in [-0.39, 0.29) is 31.5 Å². The van der Waals surface area contributed by atoms with Crippen molar-refractivity contribution in [3.63, 3.8) is 0 Å². The molecule has 0 radical (unpaired) electrons. The van der Waals surface area contributed by atoms with Crippen molar-refractivity contribution in [2.45, 2.75) is 6.54 Å². The van der Waals surface area contributed by atoms with Crippen molar-refractivity contribution in [2.75, 3.05) is 27.2 Å². The van der Waals surface area contributed by atoms with E-state index in [1.54, 1.807) is 17.6 Å². The van der Waals surface area contributed by atoms with Crippen molar-refractivity contribution in [3.05, 3.63) is 65.4 Å². The Hall–Kier alpha value is -3.07. The van der Waals surface area contributed by atoms with Crippen LogP contribution < -0.4 is 15.5 Å². The summed E-state index contributed by atoms with van der Waals surface area (Å²) < 4.78 is 11.4. The van der Waals surface area contributed by atoms with Gasteiger partial charge >= 0.3 is 0 Å². The van der Waals surface area contributed by atoms with Crippen LogP contribution in [0.4, 0.5) is 0 Å². The molecule has 0 bridgehead atoms. The summed E-state index contributed by atoms with van der Waals surface area (Å²) in [4.78, 5) is 25.9. The van der Waals surface area contributed by atoms with Crippen LogP contribution in [0.5, 0.6) is 5.75 Å². The van der Waals surface area contributed by atoms with Crippen molar-refractivity contribution in [2.24, 2.45) is 0 Å². The van der Waals surface area contributed by atoms with Crippen LogP contribution in [-0.2, 0) is 6.54 Å².